The number of amides is 1. The minimum Gasteiger partial charge on any atom is -0.398 e. The van der Waals surface area contributed by atoms with E-state index < -0.39 is 36.8 Å². The number of nitrogens with one attached hydrogen (secondary N) is 1. The largest absolute Gasteiger partial charge is 0.398 e. The number of nitrogen functional groups attached to an aromatic ring is 1. The number of hydrogen-bond donors (Lipinski definition) is 5. The van der Waals surface area contributed by atoms with Crippen molar-refractivity contribution in [3.8, 4) is 0 Å². The van der Waals surface area contributed by atoms with Crippen molar-refractivity contribution in [2.24, 2.45) is 0 Å². The van der Waals surface area contributed by atoms with E-state index in [-0.39, 0.29) is 6.54 Å². The fraction of sp³-hybridized carbons (Fsp3) is 0.455. The maximum atomic E-state index is 11.7. The molecule has 0 aromatic carbocycles. The standard InChI is InChI=1S/C11H17N3O5/c12-8-1-2-10(19)14(3-8)4-9(18)13-11(5-15,6-16)7-17/h1-3,15-17H,4-7,12H2,(H,13,18). The fourth-order valence-electron chi connectivity index (χ4n) is 1.43. The van der Waals surface area contributed by atoms with Gasteiger partial charge in [0.25, 0.3) is 5.56 Å². The van der Waals surface area contributed by atoms with E-state index in [9.17, 15) is 9.59 Å². The van der Waals surface area contributed by atoms with Crippen molar-refractivity contribution >= 4 is 11.6 Å². The molecule has 1 aromatic heterocycles. The van der Waals surface area contributed by atoms with E-state index >= 15 is 0 Å². The van der Waals surface area contributed by atoms with Crippen LogP contribution in [0.1, 0.15) is 0 Å². The minimum absolute atomic E-state index is 0.324. The molecule has 0 unspecified atom stereocenters. The van der Waals surface area contributed by atoms with Gasteiger partial charge < -0.3 is 30.9 Å². The highest BCUT2D eigenvalue weighted by Gasteiger charge is 2.29. The molecule has 0 aliphatic rings. The molecule has 0 aliphatic heterocycles. The van der Waals surface area contributed by atoms with Crippen LogP contribution in [0.15, 0.2) is 23.1 Å². The summed E-state index contributed by atoms with van der Waals surface area (Å²) in [5.74, 6) is -0.634. The van der Waals surface area contributed by atoms with Gasteiger partial charge in [-0.2, -0.15) is 0 Å². The second-order valence-corrected chi connectivity index (χ2v) is 4.23. The molecule has 0 fully saturated rings. The molecule has 8 nitrogen and oxygen atoms in total. The van der Waals surface area contributed by atoms with Crippen molar-refractivity contribution in [1.29, 1.82) is 0 Å². The van der Waals surface area contributed by atoms with E-state index in [1.54, 1.807) is 0 Å². The second kappa shape index (κ2) is 6.32. The summed E-state index contributed by atoms with van der Waals surface area (Å²) in [7, 11) is 0. The van der Waals surface area contributed by atoms with Crippen LogP contribution < -0.4 is 16.6 Å². The molecule has 106 valence electrons. The van der Waals surface area contributed by atoms with Gasteiger partial charge in [0.05, 0.1) is 19.8 Å². The van der Waals surface area contributed by atoms with Crippen LogP contribution in [-0.4, -0.2) is 51.2 Å². The minimum atomic E-state index is -1.51. The van der Waals surface area contributed by atoms with Gasteiger partial charge in [0.15, 0.2) is 0 Å². The van der Waals surface area contributed by atoms with Crippen LogP contribution in [0.5, 0.6) is 0 Å². The topological polar surface area (TPSA) is 138 Å². The van der Waals surface area contributed by atoms with Crippen molar-refractivity contribution in [2.75, 3.05) is 25.6 Å². The number of anilines is 1. The molecule has 0 bridgehead atoms. The first-order valence-corrected chi connectivity index (χ1v) is 5.56. The third-order valence-electron chi connectivity index (χ3n) is 2.63. The SMILES string of the molecule is Nc1ccc(=O)n(CC(=O)NC(CO)(CO)CO)c1. The molecule has 0 spiro atoms. The first kappa shape index (κ1) is 15.2. The first-order valence-electron chi connectivity index (χ1n) is 5.56. The van der Waals surface area contributed by atoms with Gasteiger partial charge in [-0.3, -0.25) is 9.59 Å². The van der Waals surface area contributed by atoms with E-state index in [1.165, 1.54) is 18.3 Å². The summed E-state index contributed by atoms with van der Waals surface area (Å²) in [6.07, 6.45) is 1.31. The molecule has 8 heteroatoms. The number of carbonyl (C=O) groups is 1. The average molecular weight is 271 g/mol. The van der Waals surface area contributed by atoms with Crippen molar-refractivity contribution in [3.05, 3.63) is 28.7 Å². The van der Waals surface area contributed by atoms with E-state index in [1.807, 2.05) is 0 Å². The second-order valence-electron chi connectivity index (χ2n) is 4.23. The van der Waals surface area contributed by atoms with Gasteiger partial charge in [-0.1, -0.05) is 0 Å². The van der Waals surface area contributed by atoms with Gasteiger partial charge in [-0.25, -0.2) is 0 Å². The summed E-state index contributed by atoms with van der Waals surface area (Å²) in [6, 6.07) is 2.64. The fourth-order valence-corrected chi connectivity index (χ4v) is 1.43. The zero-order valence-electron chi connectivity index (χ0n) is 10.2. The van der Waals surface area contributed by atoms with E-state index in [4.69, 9.17) is 21.1 Å². The molecule has 6 N–H and O–H groups in total. The highest BCUT2D eigenvalue weighted by atomic mass is 16.3. The smallest absolute Gasteiger partial charge is 0.251 e. The Balaban J connectivity index is 2.80. The molecule has 1 aromatic rings. The zero-order chi connectivity index (χ0) is 14.5. The Labute approximate surface area is 109 Å². The zero-order valence-corrected chi connectivity index (χ0v) is 10.2. The Morgan fingerprint density at radius 1 is 1.26 bits per heavy atom. The number of pyridine rings is 1. The van der Waals surface area contributed by atoms with Crippen LogP contribution in [0, 0.1) is 0 Å². The lowest BCUT2D eigenvalue weighted by atomic mass is 10.0. The molecule has 1 heterocycles. The Morgan fingerprint density at radius 3 is 2.37 bits per heavy atom. The monoisotopic (exact) mass is 271 g/mol. The Kier molecular flexibility index (Phi) is 5.04. The molecule has 19 heavy (non-hydrogen) atoms. The average Bonchev–Trinajstić information content (AvgIpc) is 2.40. The number of hydrogen-bond acceptors (Lipinski definition) is 6. The van der Waals surface area contributed by atoms with Crippen LogP contribution in [0.25, 0.3) is 0 Å². The van der Waals surface area contributed by atoms with Crippen LogP contribution in [-0.2, 0) is 11.3 Å². The van der Waals surface area contributed by atoms with Crippen molar-refractivity contribution < 1.29 is 20.1 Å². The predicted octanol–water partition coefficient (Wildman–Crippen LogP) is -2.74. The highest BCUT2D eigenvalue weighted by molar-refractivity contribution is 5.76. The molecule has 0 aliphatic carbocycles. The summed E-state index contributed by atoms with van der Waals surface area (Å²) in [5, 5.41) is 29.5. The number of nitrogens with zero attached hydrogens (tertiary/aromatic N) is 1. The van der Waals surface area contributed by atoms with Gasteiger partial charge in [-0.15, -0.1) is 0 Å². The summed E-state index contributed by atoms with van der Waals surface area (Å²) < 4.78 is 1.08. The molecule has 0 saturated carbocycles. The number of nitrogens with two attached hydrogens (primary N) is 1. The van der Waals surface area contributed by atoms with E-state index in [0.29, 0.717) is 5.69 Å². The number of aromatic nitrogens is 1. The summed E-state index contributed by atoms with van der Waals surface area (Å²) in [4.78, 5) is 23.2. The number of aliphatic hydroxyl groups is 3. The van der Waals surface area contributed by atoms with Crippen molar-refractivity contribution in [1.82, 2.24) is 9.88 Å². The quantitative estimate of drug-likeness (QED) is 0.380. The lowest BCUT2D eigenvalue weighted by Gasteiger charge is -2.28. The Hall–Kier alpha value is -1.90. The highest BCUT2D eigenvalue weighted by Crippen LogP contribution is 2.02. The molecule has 1 amide bonds. The van der Waals surface area contributed by atoms with Crippen LogP contribution in [0.4, 0.5) is 5.69 Å². The van der Waals surface area contributed by atoms with Gasteiger partial charge in [0.1, 0.15) is 12.1 Å². The van der Waals surface area contributed by atoms with E-state index in [2.05, 4.69) is 5.32 Å². The molecule has 1 rings (SSSR count). The summed E-state index contributed by atoms with van der Waals surface area (Å²) >= 11 is 0. The molecule has 0 saturated heterocycles. The molecule has 0 radical (unpaired) electrons. The first-order chi connectivity index (χ1) is 8.96. The molecule has 0 atom stereocenters. The maximum Gasteiger partial charge on any atom is 0.251 e. The Morgan fingerprint density at radius 2 is 1.84 bits per heavy atom. The lowest BCUT2D eigenvalue weighted by molar-refractivity contribution is -0.126. The van der Waals surface area contributed by atoms with Gasteiger partial charge >= 0.3 is 0 Å². The van der Waals surface area contributed by atoms with Gasteiger partial charge in [-0.05, 0) is 6.07 Å². The van der Waals surface area contributed by atoms with Gasteiger partial charge in [0.2, 0.25) is 5.91 Å². The van der Waals surface area contributed by atoms with Gasteiger partial charge in [0, 0.05) is 18.0 Å². The third-order valence-corrected chi connectivity index (χ3v) is 2.63. The third kappa shape index (κ3) is 3.78. The number of carbonyl (C=O) groups excluding carboxylic acids is 1. The molecular weight excluding hydrogens is 254 g/mol. The lowest BCUT2D eigenvalue weighted by Crippen LogP contribution is -2.57. The maximum absolute atomic E-state index is 11.7. The molecular formula is C11H17N3O5. The van der Waals surface area contributed by atoms with Crippen LogP contribution in [0.2, 0.25) is 0 Å². The number of rotatable bonds is 6. The summed E-state index contributed by atoms with van der Waals surface area (Å²) in [6.45, 7) is -2.21. The van der Waals surface area contributed by atoms with E-state index in [0.717, 1.165) is 4.57 Å². The summed E-state index contributed by atoms with van der Waals surface area (Å²) in [5.41, 5.74) is 3.90. The normalized spacial score (nSPS) is 11.3. The number of aliphatic hydroxyl groups excluding tert-OH is 3. The van der Waals surface area contributed by atoms with Crippen molar-refractivity contribution in [2.45, 2.75) is 12.1 Å². The van der Waals surface area contributed by atoms with Crippen LogP contribution in [0.3, 0.4) is 0 Å². The van der Waals surface area contributed by atoms with Crippen LogP contribution >= 0.6 is 0 Å². The van der Waals surface area contributed by atoms with Crippen molar-refractivity contribution in [3.63, 3.8) is 0 Å². The predicted molar refractivity (Wildman–Crippen MR) is 67.2 cm³/mol. The Bertz CT molecular complexity index is 487.